The van der Waals surface area contributed by atoms with Crippen LogP contribution in [0, 0.1) is 0 Å². The Kier molecular flexibility index (Phi) is 22.9. The Bertz CT molecular complexity index is 656. The molecule has 0 saturated carbocycles. The Morgan fingerprint density at radius 1 is 0.722 bits per heavy atom. The van der Waals surface area contributed by atoms with Crippen molar-refractivity contribution in [2.75, 3.05) is 13.2 Å². The lowest BCUT2D eigenvalue weighted by Gasteiger charge is -2.18. The molecule has 0 aliphatic carbocycles. The number of allylic oxidation sites excluding steroid dienone is 4. The van der Waals surface area contributed by atoms with E-state index in [2.05, 4.69) is 35.8 Å². The SMILES string of the molecule is CCCCCC/C=C\C/C=C\CCCCCCCC(=O)OC(COC(=O)CCCC)COP(=O)(O)O. The van der Waals surface area contributed by atoms with Gasteiger partial charge in [0.25, 0.3) is 0 Å². The van der Waals surface area contributed by atoms with Crippen LogP contribution in [0.5, 0.6) is 0 Å². The average molecular weight is 533 g/mol. The molecule has 0 saturated heterocycles. The molecule has 9 heteroatoms. The molecular weight excluding hydrogens is 483 g/mol. The largest absolute Gasteiger partial charge is 0.469 e. The number of hydrogen-bond donors (Lipinski definition) is 2. The molecule has 8 nitrogen and oxygen atoms in total. The molecule has 0 aliphatic heterocycles. The van der Waals surface area contributed by atoms with E-state index in [1.807, 2.05) is 6.92 Å². The summed E-state index contributed by atoms with van der Waals surface area (Å²) in [5, 5.41) is 0. The maximum atomic E-state index is 12.1. The molecule has 0 aliphatic rings. The van der Waals surface area contributed by atoms with Gasteiger partial charge in [-0.15, -0.1) is 0 Å². The van der Waals surface area contributed by atoms with Crippen LogP contribution in [0.3, 0.4) is 0 Å². The van der Waals surface area contributed by atoms with Gasteiger partial charge in [-0.05, 0) is 44.9 Å². The summed E-state index contributed by atoms with van der Waals surface area (Å²) in [7, 11) is -4.72. The highest BCUT2D eigenvalue weighted by Crippen LogP contribution is 2.35. The summed E-state index contributed by atoms with van der Waals surface area (Å²) in [4.78, 5) is 41.6. The zero-order valence-corrected chi connectivity index (χ0v) is 23.3. The first-order valence-corrected chi connectivity index (χ1v) is 15.2. The fourth-order valence-corrected chi connectivity index (χ4v) is 3.74. The van der Waals surface area contributed by atoms with Crippen LogP contribution >= 0.6 is 7.82 Å². The van der Waals surface area contributed by atoms with Crippen molar-refractivity contribution < 1.29 is 37.9 Å². The third-order valence-electron chi connectivity index (χ3n) is 5.47. The molecule has 0 bridgehead atoms. The van der Waals surface area contributed by atoms with E-state index in [1.54, 1.807) is 0 Å². The average Bonchev–Trinajstić information content (AvgIpc) is 2.83. The molecule has 0 fully saturated rings. The van der Waals surface area contributed by atoms with Crippen LogP contribution in [0.4, 0.5) is 0 Å². The van der Waals surface area contributed by atoms with Gasteiger partial charge in [-0.3, -0.25) is 14.1 Å². The van der Waals surface area contributed by atoms with E-state index >= 15 is 0 Å². The molecule has 210 valence electrons. The van der Waals surface area contributed by atoms with Crippen molar-refractivity contribution in [2.45, 2.75) is 123 Å². The first-order chi connectivity index (χ1) is 17.3. The van der Waals surface area contributed by atoms with Crippen molar-refractivity contribution in [3.8, 4) is 0 Å². The lowest BCUT2D eigenvalue weighted by molar-refractivity contribution is -0.161. The lowest BCUT2D eigenvalue weighted by atomic mass is 10.1. The Balaban J connectivity index is 3.94. The number of phosphoric acid groups is 1. The molecule has 0 spiro atoms. The minimum atomic E-state index is -4.72. The van der Waals surface area contributed by atoms with E-state index in [4.69, 9.17) is 19.3 Å². The second-order valence-electron chi connectivity index (χ2n) is 9.02. The van der Waals surface area contributed by atoms with Crippen molar-refractivity contribution in [1.29, 1.82) is 0 Å². The van der Waals surface area contributed by atoms with Gasteiger partial charge in [0.1, 0.15) is 6.61 Å². The monoisotopic (exact) mass is 532 g/mol. The van der Waals surface area contributed by atoms with Crippen LogP contribution in [0.15, 0.2) is 24.3 Å². The Morgan fingerprint density at radius 3 is 1.89 bits per heavy atom. The number of carbonyl (C=O) groups excluding carboxylic acids is 2. The van der Waals surface area contributed by atoms with E-state index in [0.29, 0.717) is 12.8 Å². The van der Waals surface area contributed by atoms with Crippen LogP contribution in [-0.2, 0) is 28.2 Å². The van der Waals surface area contributed by atoms with E-state index in [0.717, 1.165) is 44.9 Å². The van der Waals surface area contributed by atoms with Crippen LogP contribution in [-0.4, -0.2) is 41.0 Å². The molecule has 0 heterocycles. The number of hydrogen-bond acceptors (Lipinski definition) is 6. The van der Waals surface area contributed by atoms with E-state index in [9.17, 15) is 14.2 Å². The standard InChI is InChI=1S/C27H49O8P/c1-3-5-7-8-9-10-11-12-13-14-15-16-17-18-19-20-22-27(29)35-25(24-34-36(30,31)32)23-33-26(28)21-6-4-2/h10-11,13-14,25H,3-9,12,15-24H2,1-2H3,(H2,30,31,32)/b11-10-,14-13-. The molecule has 0 rings (SSSR count). The summed E-state index contributed by atoms with van der Waals surface area (Å²) in [5.41, 5.74) is 0. The first kappa shape index (κ1) is 34.5. The van der Waals surface area contributed by atoms with Gasteiger partial charge in [0.15, 0.2) is 6.10 Å². The molecule has 2 N–H and O–H groups in total. The van der Waals surface area contributed by atoms with Gasteiger partial charge in [0.05, 0.1) is 6.61 Å². The second kappa shape index (κ2) is 23.9. The van der Waals surface area contributed by atoms with Crippen LogP contribution < -0.4 is 0 Å². The van der Waals surface area contributed by atoms with Gasteiger partial charge in [0.2, 0.25) is 0 Å². The third-order valence-corrected chi connectivity index (χ3v) is 5.96. The predicted molar refractivity (Wildman–Crippen MR) is 142 cm³/mol. The third kappa shape index (κ3) is 25.6. The number of esters is 2. The van der Waals surface area contributed by atoms with E-state index in [1.165, 1.54) is 32.1 Å². The van der Waals surface area contributed by atoms with E-state index < -0.39 is 32.5 Å². The molecule has 0 aromatic rings. The van der Waals surface area contributed by atoms with Crippen molar-refractivity contribution >= 4 is 19.8 Å². The summed E-state index contributed by atoms with van der Waals surface area (Å²) >= 11 is 0. The normalized spacial score (nSPS) is 12.9. The maximum Gasteiger partial charge on any atom is 0.469 e. The van der Waals surface area contributed by atoms with Crippen LogP contribution in [0.1, 0.15) is 117 Å². The quantitative estimate of drug-likeness (QED) is 0.0593. The van der Waals surface area contributed by atoms with Crippen molar-refractivity contribution in [3.63, 3.8) is 0 Å². The molecule has 36 heavy (non-hydrogen) atoms. The second-order valence-corrected chi connectivity index (χ2v) is 10.3. The zero-order chi connectivity index (χ0) is 26.9. The van der Waals surface area contributed by atoms with Crippen molar-refractivity contribution in [1.82, 2.24) is 0 Å². The number of ether oxygens (including phenoxy) is 2. The van der Waals surface area contributed by atoms with Gasteiger partial charge in [-0.2, -0.15) is 0 Å². The van der Waals surface area contributed by atoms with Gasteiger partial charge in [-0.1, -0.05) is 83.1 Å². The van der Waals surface area contributed by atoms with Gasteiger partial charge in [-0.25, -0.2) is 4.57 Å². The van der Waals surface area contributed by atoms with Gasteiger partial charge in [0, 0.05) is 12.8 Å². The minimum absolute atomic E-state index is 0.195. The maximum absolute atomic E-state index is 12.1. The summed E-state index contributed by atoms with van der Waals surface area (Å²) in [6, 6.07) is 0. The molecular formula is C27H49O8P. The fourth-order valence-electron chi connectivity index (χ4n) is 3.38. The molecule has 0 radical (unpaired) electrons. The van der Waals surface area contributed by atoms with Gasteiger partial charge >= 0.3 is 19.8 Å². The highest BCUT2D eigenvalue weighted by molar-refractivity contribution is 7.46. The molecule has 0 aromatic heterocycles. The smallest absolute Gasteiger partial charge is 0.462 e. The minimum Gasteiger partial charge on any atom is -0.462 e. The molecule has 0 aromatic carbocycles. The van der Waals surface area contributed by atoms with Crippen LogP contribution in [0.25, 0.3) is 0 Å². The number of rotatable bonds is 24. The summed E-state index contributed by atoms with van der Waals surface area (Å²) in [5.74, 6) is -0.946. The van der Waals surface area contributed by atoms with Crippen LogP contribution in [0.2, 0.25) is 0 Å². The topological polar surface area (TPSA) is 119 Å². The van der Waals surface area contributed by atoms with Gasteiger partial charge < -0.3 is 19.3 Å². The highest BCUT2D eigenvalue weighted by Gasteiger charge is 2.22. The number of carbonyl (C=O) groups is 2. The summed E-state index contributed by atoms with van der Waals surface area (Å²) in [6.07, 6.45) is 23.1. The molecule has 0 amide bonds. The van der Waals surface area contributed by atoms with E-state index in [-0.39, 0.29) is 19.4 Å². The fraction of sp³-hybridized carbons (Fsp3) is 0.778. The lowest BCUT2D eigenvalue weighted by Crippen LogP contribution is -2.29. The highest BCUT2D eigenvalue weighted by atomic mass is 31.2. The summed E-state index contributed by atoms with van der Waals surface area (Å²) in [6.45, 7) is 3.33. The van der Waals surface area contributed by atoms with Crippen molar-refractivity contribution in [2.24, 2.45) is 0 Å². The molecule has 1 unspecified atom stereocenters. The summed E-state index contributed by atoms with van der Waals surface area (Å²) < 4.78 is 25.7. The Hall–Kier alpha value is -1.47. The predicted octanol–water partition coefficient (Wildman–Crippen LogP) is 6.94. The first-order valence-electron chi connectivity index (χ1n) is 13.6. The number of phosphoric ester groups is 1. The van der Waals surface area contributed by atoms with Crippen molar-refractivity contribution in [3.05, 3.63) is 24.3 Å². The Morgan fingerprint density at radius 2 is 1.28 bits per heavy atom. The number of unbranched alkanes of at least 4 members (excludes halogenated alkanes) is 10. The molecule has 1 atom stereocenters. The Labute approximate surface area is 218 Å². The zero-order valence-electron chi connectivity index (χ0n) is 22.4.